The number of allylic oxidation sites excluding steroid dienone is 8. The van der Waals surface area contributed by atoms with Gasteiger partial charge >= 0.3 is 0 Å². The van der Waals surface area contributed by atoms with Gasteiger partial charge in [0, 0.05) is 5.70 Å². The van der Waals surface area contributed by atoms with E-state index in [4.69, 9.17) is 10.6 Å². The summed E-state index contributed by atoms with van der Waals surface area (Å²) < 4.78 is 17.3. The first-order chi connectivity index (χ1) is 9.24. The number of halogens is 1. The molecule has 0 aromatic heterocycles. The molecule has 106 valence electrons. The van der Waals surface area contributed by atoms with Crippen LogP contribution in [0.25, 0.3) is 0 Å². The maximum atomic E-state index is 11.8. The smallest absolute Gasteiger partial charge is 0.115 e. The molecule has 0 rings (SSSR count). The molecule has 0 heterocycles. The molecule has 0 amide bonds. The van der Waals surface area contributed by atoms with Crippen molar-refractivity contribution in [3.8, 4) is 0 Å². The molecule has 0 unspecified atom stereocenters. The third kappa shape index (κ3) is 11.0. The van der Waals surface area contributed by atoms with Crippen LogP contribution in [0.15, 0.2) is 60.1 Å². The van der Waals surface area contributed by atoms with Crippen LogP contribution < -0.4 is 11.3 Å². The Balaban J connectivity index is 4.22. The van der Waals surface area contributed by atoms with E-state index in [2.05, 4.69) is 5.43 Å². The fraction of sp³-hybridized carbons (Fsp3) is 0.333. The predicted octanol–water partition coefficient (Wildman–Crippen LogP) is 3.30. The summed E-state index contributed by atoms with van der Waals surface area (Å²) in [5, 5.41) is 0. The van der Waals surface area contributed by atoms with E-state index in [1.807, 2.05) is 44.2 Å². The highest BCUT2D eigenvalue weighted by Crippen LogP contribution is 2.03. The Bertz CT molecular complexity index is 368. The summed E-state index contributed by atoms with van der Waals surface area (Å²) in [5.41, 5.74) is 3.48. The summed E-state index contributed by atoms with van der Waals surface area (Å²) in [7, 11) is 0. The highest BCUT2D eigenvalue weighted by Gasteiger charge is 1.90. The van der Waals surface area contributed by atoms with Crippen molar-refractivity contribution >= 4 is 0 Å². The molecule has 0 bridgehead atoms. The van der Waals surface area contributed by atoms with Crippen molar-refractivity contribution in [3.05, 3.63) is 60.1 Å². The molecule has 0 atom stereocenters. The van der Waals surface area contributed by atoms with Gasteiger partial charge in [-0.3, -0.25) is 5.84 Å². The number of nitrogens with one attached hydrogen (secondary N) is 1. The summed E-state index contributed by atoms with van der Waals surface area (Å²) in [6.07, 6.45) is 15.1. The first-order valence-corrected chi connectivity index (χ1v) is 6.21. The second-order valence-corrected chi connectivity index (χ2v) is 3.70. The van der Waals surface area contributed by atoms with Gasteiger partial charge in [0.15, 0.2) is 0 Å². The maximum absolute atomic E-state index is 11.8. The molecule has 0 fully saturated rings. The maximum Gasteiger partial charge on any atom is 0.115 e. The fourth-order valence-corrected chi connectivity index (χ4v) is 1.16. The van der Waals surface area contributed by atoms with Gasteiger partial charge in [-0.1, -0.05) is 30.4 Å². The van der Waals surface area contributed by atoms with E-state index in [-0.39, 0.29) is 0 Å². The normalized spacial score (nSPS) is 13.9. The minimum atomic E-state index is -0.449. The second-order valence-electron chi connectivity index (χ2n) is 3.70. The van der Waals surface area contributed by atoms with Gasteiger partial charge < -0.3 is 10.2 Å². The highest BCUT2D eigenvalue weighted by molar-refractivity contribution is 5.14. The van der Waals surface area contributed by atoms with Gasteiger partial charge in [0.1, 0.15) is 19.0 Å². The Morgan fingerprint density at radius 1 is 1.26 bits per heavy atom. The Morgan fingerprint density at radius 3 is 2.63 bits per heavy atom. The molecule has 3 nitrogen and oxygen atoms in total. The van der Waals surface area contributed by atoms with Crippen LogP contribution in [-0.4, -0.2) is 13.3 Å². The number of ether oxygens (including phenoxy) is 1. The first-order valence-electron chi connectivity index (χ1n) is 6.21. The van der Waals surface area contributed by atoms with Crippen molar-refractivity contribution in [3.63, 3.8) is 0 Å². The fourth-order valence-electron chi connectivity index (χ4n) is 1.16. The minimum Gasteiger partial charge on any atom is -0.490 e. The second kappa shape index (κ2) is 12.6. The van der Waals surface area contributed by atoms with Crippen LogP contribution in [0.5, 0.6) is 0 Å². The molecule has 0 aliphatic heterocycles. The Kier molecular flexibility index (Phi) is 11.4. The molecule has 0 aliphatic rings. The van der Waals surface area contributed by atoms with Crippen molar-refractivity contribution in [1.29, 1.82) is 0 Å². The molecular weight excluding hydrogens is 243 g/mol. The van der Waals surface area contributed by atoms with Crippen LogP contribution >= 0.6 is 0 Å². The number of alkyl halides is 1. The molecule has 0 spiro atoms. The molecule has 0 saturated heterocycles. The van der Waals surface area contributed by atoms with Crippen LogP contribution in [0.4, 0.5) is 4.39 Å². The topological polar surface area (TPSA) is 47.3 Å². The van der Waals surface area contributed by atoms with Gasteiger partial charge in [0.05, 0.1) is 0 Å². The van der Waals surface area contributed by atoms with Crippen molar-refractivity contribution in [1.82, 2.24) is 5.43 Å². The van der Waals surface area contributed by atoms with Gasteiger partial charge in [0.2, 0.25) is 0 Å². The number of rotatable bonds is 9. The lowest BCUT2D eigenvalue weighted by molar-refractivity contribution is 0.260. The van der Waals surface area contributed by atoms with Gasteiger partial charge in [-0.05, 0) is 38.5 Å². The standard InChI is InChI=1S/C15H23FN2O/c1-3-9-15(11-8-10-14(2)18-17)19-13-7-5-4-6-12-16/h3-7,9-11,18H,8,12-13,17H2,1-2H3/b6-4-,7-5-,9-3-,14-10+,15-11+. The third-order valence-electron chi connectivity index (χ3n) is 2.12. The molecule has 19 heavy (non-hydrogen) atoms. The minimum absolute atomic E-state index is 0.449. The number of nitrogens with two attached hydrogens (primary N) is 1. The summed E-state index contributed by atoms with van der Waals surface area (Å²) in [4.78, 5) is 0. The zero-order chi connectivity index (χ0) is 14.3. The molecule has 0 radical (unpaired) electrons. The first kappa shape index (κ1) is 17.2. The monoisotopic (exact) mass is 266 g/mol. The van der Waals surface area contributed by atoms with E-state index >= 15 is 0 Å². The van der Waals surface area contributed by atoms with E-state index in [0.717, 1.165) is 17.9 Å². The van der Waals surface area contributed by atoms with Crippen LogP contribution in [0.1, 0.15) is 20.3 Å². The van der Waals surface area contributed by atoms with E-state index in [0.29, 0.717) is 6.61 Å². The molecule has 0 aromatic carbocycles. The summed E-state index contributed by atoms with van der Waals surface area (Å²) >= 11 is 0. The Morgan fingerprint density at radius 2 is 2.00 bits per heavy atom. The zero-order valence-electron chi connectivity index (χ0n) is 11.6. The quantitative estimate of drug-likeness (QED) is 0.291. The third-order valence-corrected chi connectivity index (χ3v) is 2.12. The van der Waals surface area contributed by atoms with Crippen molar-refractivity contribution in [2.45, 2.75) is 20.3 Å². The van der Waals surface area contributed by atoms with E-state index in [9.17, 15) is 4.39 Å². The lowest BCUT2D eigenvalue weighted by Gasteiger charge is -2.03. The summed E-state index contributed by atoms with van der Waals surface area (Å²) in [6, 6.07) is 0. The lowest BCUT2D eigenvalue weighted by atomic mass is 10.3. The van der Waals surface area contributed by atoms with Crippen LogP contribution in [0, 0.1) is 0 Å². The summed E-state index contributed by atoms with van der Waals surface area (Å²) in [6.45, 7) is 3.82. The van der Waals surface area contributed by atoms with Crippen molar-refractivity contribution in [2.24, 2.45) is 5.84 Å². The number of hydrazine groups is 1. The van der Waals surface area contributed by atoms with Gasteiger partial charge in [-0.15, -0.1) is 0 Å². The van der Waals surface area contributed by atoms with Crippen LogP contribution in [0.3, 0.4) is 0 Å². The predicted molar refractivity (Wildman–Crippen MR) is 78.8 cm³/mol. The van der Waals surface area contributed by atoms with Crippen LogP contribution in [-0.2, 0) is 4.74 Å². The Labute approximate surface area is 115 Å². The largest absolute Gasteiger partial charge is 0.490 e. The van der Waals surface area contributed by atoms with E-state index in [1.54, 1.807) is 12.2 Å². The summed E-state index contributed by atoms with van der Waals surface area (Å²) in [5.74, 6) is 6.05. The lowest BCUT2D eigenvalue weighted by Crippen LogP contribution is -2.18. The molecule has 0 saturated carbocycles. The van der Waals surface area contributed by atoms with Gasteiger partial charge in [-0.2, -0.15) is 0 Å². The molecule has 3 N–H and O–H groups in total. The Hall–Kier alpha value is -1.81. The van der Waals surface area contributed by atoms with Crippen molar-refractivity contribution < 1.29 is 9.13 Å². The van der Waals surface area contributed by atoms with E-state index < -0.39 is 6.67 Å². The molecule has 0 aromatic rings. The number of hydrogen-bond acceptors (Lipinski definition) is 3. The van der Waals surface area contributed by atoms with Gasteiger partial charge in [-0.25, -0.2) is 4.39 Å². The molecular formula is C15H23FN2O. The van der Waals surface area contributed by atoms with Crippen LogP contribution in [0.2, 0.25) is 0 Å². The number of hydrogen-bond donors (Lipinski definition) is 2. The average molecular weight is 266 g/mol. The van der Waals surface area contributed by atoms with Gasteiger partial charge in [0.25, 0.3) is 0 Å². The molecule has 0 aliphatic carbocycles. The average Bonchev–Trinajstić information content (AvgIpc) is 2.42. The molecule has 4 heteroatoms. The SMILES string of the molecule is C/C=C\C(=C/C/C=C(\C)NN)OC/C=C\C=C/CF. The van der Waals surface area contributed by atoms with Crippen molar-refractivity contribution in [2.75, 3.05) is 13.3 Å². The zero-order valence-corrected chi connectivity index (χ0v) is 11.6. The van der Waals surface area contributed by atoms with E-state index in [1.165, 1.54) is 6.08 Å². The highest BCUT2D eigenvalue weighted by atomic mass is 19.1.